The van der Waals surface area contributed by atoms with Crippen molar-refractivity contribution in [3.63, 3.8) is 0 Å². The maximum Gasteiger partial charge on any atom is 0.150 e. The highest BCUT2D eigenvalue weighted by Gasteiger charge is 2.06. The Morgan fingerprint density at radius 3 is 3.00 bits per heavy atom. The average molecular weight is 297 g/mol. The number of nitrogens with one attached hydrogen (secondary N) is 1. The predicted octanol–water partition coefficient (Wildman–Crippen LogP) is 2.17. The Bertz CT molecular complexity index is 531. The van der Waals surface area contributed by atoms with E-state index in [4.69, 9.17) is 20.9 Å². The summed E-state index contributed by atoms with van der Waals surface area (Å²) in [5, 5.41) is 17.2. The molecule has 0 fully saturated rings. The van der Waals surface area contributed by atoms with Crippen molar-refractivity contribution in [2.75, 3.05) is 13.2 Å². The third-order valence-electron chi connectivity index (χ3n) is 2.74. The number of hydrogen-bond acceptors (Lipinski definition) is 5. The molecule has 0 bridgehead atoms. The van der Waals surface area contributed by atoms with Gasteiger partial charge in [0.15, 0.2) is 0 Å². The fourth-order valence-corrected chi connectivity index (χ4v) is 1.77. The lowest BCUT2D eigenvalue weighted by Crippen LogP contribution is -2.31. The molecule has 0 radical (unpaired) electrons. The smallest absolute Gasteiger partial charge is 0.150 e. The van der Waals surface area contributed by atoms with E-state index in [1.165, 1.54) is 0 Å². The topological polar surface area (TPSA) is 67.5 Å². The van der Waals surface area contributed by atoms with Gasteiger partial charge in [-0.15, -0.1) is 0 Å². The van der Waals surface area contributed by atoms with Crippen LogP contribution in [0.3, 0.4) is 0 Å². The maximum atomic E-state index is 9.80. The molecule has 108 valence electrons. The first-order chi connectivity index (χ1) is 9.65. The van der Waals surface area contributed by atoms with Gasteiger partial charge in [-0.1, -0.05) is 16.8 Å². The van der Waals surface area contributed by atoms with Crippen LogP contribution in [0.25, 0.3) is 0 Å². The Labute approximate surface area is 122 Å². The Morgan fingerprint density at radius 1 is 1.45 bits per heavy atom. The number of aryl methyl sites for hydroxylation is 1. The largest absolute Gasteiger partial charge is 0.491 e. The van der Waals surface area contributed by atoms with Crippen LogP contribution >= 0.6 is 11.6 Å². The Balaban J connectivity index is 1.69. The first-order valence-electron chi connectivity index (χ1n) is 6.32. The third kappa shape index (κ3) is 4.52. The standard InChI is InChI=1S/C14H17ClN2O3/c1-10-6-12(2-3-14(10)15)19-9-11(18)7-16-8-13-4-5-17-20-13/h2-6,11,16,18H,7-9H2,1H3. The molecule has 1 unspecified atom stereocenters. The van der Waals surface area contributed by atoms with E-state index in [0.717, 1.165) is 11.3 Å². The van der Waals surface area contributed by atoms with E-state index >= 15 is 0 Å². The second kappa shape index (κ2) is 7.28. The quantitative estimate of drug-likeness (QED) is 0.819. The minimum atomic E-state index is -0.603. The molecule has 2 rings (SSSR count). The molecular formula is C14H17ClN2O3. The summed E-state index contributed by atoms with van der Waals surface area (Å²) in [6, 6.07) is 7.17. The fourth-order valence-electron chi connectivity index (χ4n) is 1.65. The summed E-state index contributed by atoms with van der Waals surface area (Å²) in [6.45, 7) is 3.05. The fraction of sp³-hybridized carbons (Fsp3) is 0.357. The van der Waals surface area contributed by atoms with Crippen LogP contribution in [0.4, 0.5) is 0 Å². The van der Waals surface area contributed by atoms with Gasteiger partial charge in [0.2, 0.25) is 0 Å². The zero-order chi connectivity index (χ0) is 14.4. The van der Waals surface area contributed by atoms with Crippen LogP contribution in [0.5, 0.6) is 5.75 Å². The van der Waals surface area contributed by atoms with Crippen LogP contribution in [-0.4, -0.2) is 29.5 Å². The molecule has 20 heavy (non-hydrogen) atoms. The Morgan fingerprint density at radius 2 is 2.30 bits per heavy atom. The van der Waals surface area contributed by atoms with E-state index in [1.54, 1.807) is 24.4 Å². The average Bonchev–Trinajstić information content (AvgIpc) is 2.93. The van der Waals surface area contributed by atoms with Crippen LogP contribution in [0.15, 0.2) is 35.0 Å². The summed E-state index contributed by atoms with van der Waals surface area (Å²) in [4.78, 5) is 0. The van der Waals surface area contributed by atoms with Gasteiger partial charge in [-0.05, 0) is 30.7 Å². The number of halogens is 1. The molecule has 1 aromatic carbocycles. The number of nitrogens with zero attached hydrogens (tertiary/aromatic N) is 1. The molecule has 0 saturated carbocycles. The minimum Gasteiger partial charge on any atom is -0.491 e. The van der Waals surface area contributed by atoms with Crippen LogP contribution in [0.1, 0.15) is 11.3 Å². The summed E-state index contributed by atoms with van der Waals surface area (Å²) in [5.41, 5.74) is 0.946. The summed E-state index contributed by atoms with van der Waals surface area (Å²) in [5.74, 6) is 1.42. The van der Waals surface area contributed by atoms with Gasteiger partial charge in [-0.25, -0.2) is 0 Å². The molecule has 0 aliphatic rings. The Kier molecular flexibility index (Phi) is 5.40. The van der Waals surface area contributed by atoms with E-state index in [1.807, 2.05) is 13.0 Å². The van der Waals surface area contributed by atoms with Crippen LogP contribution < -0.4 is 10.1 Å². The van der Waals surface area contributed by atoms with Crippen molar-refractivity contribution >= 4 is 11.6 Å². The minimum absolute atomic E-state index is 0.213. The van der Waals surface area contributed by atoms with Crippen molar-refractivity contribution in [1.82, 2.24) is 10.5 Å². The second-order valence-corrected chi connectivity index (χ2v) is 4.89. The third-order valence-corrected chi connectivity index (χ3v) is 3.17. The van der Waals surface area contributed by atoms with Crippen molar-refractivity contribution in [1.29, 1.82) is 0 Å². The lowest BCUT2D eigenvalue weighted by Gasteiger charge is -2.13. The highest BCUT2D eigenvalue weighted by atomic mass is 35.5. The molecule has 0 spiro atoms. The van der Waals surface area contributed by atoms with Gasteiger partial charge < -0.3 is 19.7 Å². The molecule has 1 heterocycles. The van der Waals surface area contributed by atoms with Gasteiger partial charge >= 0.3 is 0 Å². The van der Waals surface area contributed by atoms with Gasteiger partial charge in [0, 0.05) is 17.6 Å². The molecule has 0 amide bonds. The van der Waals surface area contributed by atoms with Gasteiger partial charge in [-0.2, -0.15) is 0 Å². The first kappa shape index (κ1) is 14.8. The predicted molar refractivity (Wildman–Crippen MR) is 75.9 cm³/mol. The van der Waals surface area contributed by atoms with E-state index < -0.39 is 6.10 Å². The highest BCUT2D eigenvalue weighted by Crippen LogP contribution is 2.21. The number of aliphatic hydroxyl groups is 1. The van der Waals surface area contributed by atoms with Gasteiger partial charge in [0.25, 0.3) is 0 Å². The summed E-state index contributed by atoms with van der Waals surface area (Å²) < 4.78 is 10.4. The maximum absolute atomic E-state index is 9.80. The van der Waals surface area contributed by atoms with Crippen molar-refractivity contribution < 1.29 is 14.4 Å². The lowest BCUT2D eigenvalue weighted by atomic mass is 10.2. The first-order valence-corrected chi connectivity index (χ1v) is 6.70. The molecule has 0 aliphatic carbocycles. The second-order valence-electron chi connectivity index (χ2n) is 4.49. The molecule has 2 N–H and O–H groups in total. The number of rotatable bonds is 7. The van der Waals surface area contributed by atoms with Crippen LogP contribution in [-0.2, 0) is 6.54 Å². The molecule has 0 saturated heterocycles. The molecule has 5 nitrogen and oxygen atoms in total. The van der Waals surface area contributed by atoms with E-state index in [0.29, 0.717) is 23.9 Å². The number of aliphatic hydroxyl groups excluding tert-OH is 1. The number of benzene rings is 1. The highest BCUT2D eigenvalue weighted by molar-refractivity contribution is 6.31. The lowest BCUT2D eigenvalue weighted by molar-refractivity contribution is 0.105. The zero-order valence-corrected chi connectivity index (χ0v) is 11.9. The summed E-state index contributed by atoms with van der Waals surface area (Å²) in [7, 11) is 0. The number of aromatic nitrogens is 1. The van der Waals surface area contributed by atoms with Crippen molar-refractivity contribution in [2.24, 2.45) is 0 Å². The molecule has 1 atom stereocenters. The number of ether oxygens (including phenoxy) is 1. The van der Waals surface area contributed by atoms with E-state index in [-0.39, 0.29) is 6.61 Å². The zero-order valence-electron chi connectivity index (χ0n) is 11.2. The summed E-state index contributed by atoms with van der Waals surface area (Å²) >= 11 is 5.93. The van der Waals surface area contributed by atoms with Gasteiger partial charge in [0.1, 0.15) is 24.2 Å². The molecule has 6 heteroatoms. The van der Waals surface area contributed by atoms with Gasteiger partial charge in [0.05, 0.1) is 12.7 Å². The van der Waals surface area contributed by atoms with Crippen molar-refractivity contribution in [3.8, 4) is 5.75 Å². The molecular weight excluding hydrogens is 280 g/mol. The van der Waals surface area contributed by atoms with E-state index in [9.17, 15) is 5.11 Å². The van der Waals surface area contributed by atoms with Crippen LogP contribution in [0, 0.1) is 6.92 Å². The van der Waals surface area contributed by atoms with Crippen LogP contribution in [0.2, 0.25) is 5.02 Å². The summed E-state index contributed by atoms with van der Waals surface area (Å²) in [6.07, 6.45) is 0.980. The monoisotopic (exact) mass is 296 g/mol. The van der Waals surface area contributed by atoms with E-state index in [2.05, 4.69) is 10.5 Å². The molecule has 2 aromatic rings. The Hall–Kier alpha value is -1.56. The SMILES string of the molecule is Cc1cc(OCC(O)CNCc2ccno2)ccc1Cl. The van der Waals surface area contributed by atoms with Gasteiger partial charge in [-0.3, -0.25) is 0 Å². The molecule has 1 aromatic heterocycles. The van der Waals surface area contributed by atoms with Crippen molar-refractivity contribution in [3.05, 3.63) is 46.8 Å². The molecule has 0 aliphatic heterocycles. The number of hydrogen-bond donors (Lipinski definition) is 2. The van der Waals surface area contributed by atoms with Crippen molar-refractivity contribution in [2.45, 2.75) is 19.6 Å². The normalized spacial score (nSPS) is 12.3.